The first-order valence-electron chi connectivity index (χ1n) is 8.10. The van der Waals surface area contributed by atoms with Crippen molar-refractivity contribution in [1.82, 2.24) is 0 Å². The number of aliphatic imine (C=N–C) groups is 2. The average Bonchev–Trinajstić information content (AvgIpc) is 2.46. The van der Waals surface area contributed by atoms with Gasteiger partial charge in [0.1, 0.15) is 12.1 Å². The largest absolute Gasteiger partial charge is 0.480 e. The Balaban J connectivity index is 2.78. The Morgan fingerprint density at radius 1 is 1.00 bits per heavy atom. The number of ether oxygens (including phenoxy) is 2. The van der Waals surface area contributed by atoms with Gasteiger partial charge in [-0.1, -0.05) is 42.6 Å². The van der Waals surface area contributed by atoms with E-state index in [2.05, 4.69) is 29.8 Å². The average molecular weight is 361 g/mol. The first-order valence-corrected chi connectivity index (χ1v) is 9.23. The zero-order valence-electron chi connectivity index (χ0n) is 13.8. The van der Waals surface area contributed by atoms with Crippen LogP contribution < -0.4 is 0 Å². The normalized spacial score (nSPS) is 22.0. The molecular weight excluding hydrogens is 332 g/mol. The predicted octanol–water partition coefficient (Wildman–Crippen LogP) is 4.22. The van der Waals surface area contributed by atoms with Gasteiger partial charge in [0.15, 0.2) is 0 Å². The Morgan fingerprint density at radius 2 is 1.67 bits per heavy atom. The second kappa shape index (κ2) is 10.2. The summed E-state index contributed by atoms with van der Waals surface area (Å²) in [5, 5.41) is 1.06. The van der Waals surface area contributed by atoms with Gasteiger partial charge < -0.3 is 9.47 Å². The number of unbranched alkanes of at least 4 members (excludes halogenated alkanes) is 2. The standard InChI is InChI=1S/C16H29BrN2O2/c1-5-20-15-13(10-8-7-9-11-17)18-16(21-6-2)14(19-15)12(3)4/h12-14H,5-11H2,1-4H3/t13-,14?/m1/s1. The van der Waals surface area contributed by atoms with Gasteiger partial charge in [-0.05, 0) is 32.6 Å². The molecular formula is C16H29BrN2O2. The van der Waals surface area contributed by atoms with Crippen molar-refractivity contribution >= 4 is 27.7 Å². The third-order valence-electron chi connectivity index (χ3n) is 3.41. The van der Waals surface area contributed by atoms with E-state index >= 15 is 0 Å². The Kier molecular flexibility index (Phi) is 8.97. The summed E-state index contributed by atoms with van der Waals surface area (Å²) in [7, 11) is 0. The van der Waals surface area contributed by atoms with Crippen molar-refractivity contribution in [3.05, 3.63) is 0 Å². The highest BCUT2D eigenvalue weighted by Gasteiger charge is 2.31. The maximum absolute atomic E-state index is 5.74. The molecule has 0 aromatic carbocycles. The van der Waals surface area contributed by atoms with E-state index in [4.69, 9.17) is 19.5 Å². The SMILES string of the molecule is CCOC1=N[C@H](CCCCCBr)C(OCC)=NC1C(C)C. The van der Waals surface area contributed by atoms with E-state index < -0.39 is 0 Å². The van der Waals surface area contributed by atoms with Crippen molar-refractivity contribution in [2.45, 2.75) is 65.5 Å². The molecule has 0 fully saturated rings. The molecule has 0 aromatic rings. The summed E-state index contributed by atoms with van der Waals surface area (Å²) < 4.78 is 11.5. The number of rotatable bonds is 8. The number of alkyl halides is 1. The molecule has 4 nitrogen and oxygen atoms in total. The molecule has 0 aromatic heterocycles. The van der Waals surface area contributed by atoms with Crippen molar-refractivity contribution in [3.63, 3.8) is 0 Å². The molecule has 1 aliphatic rings. The Labute approximate surface area is 137 Å². The molecule has 21 heavy (non-hydrogen) atoms. The molecule has 2 atom stereocenters. The predicted molar refractivity (Wildman–Crippen MR) is 92.8 cm³/mol. The Hall–Kier alpha value is -0.580. The Bertz CT molecular complexity index is 356. The van der Waals surface area contributed by atoms with Crippen LogP contribution in [0.3, 0.4) is 0 Å². The molecule has 0 bridgehead atoms. The van der Waals surface area contributed by atoms with Crippen LogP contribution in [0.15, 0.2) is 9.98 Å². The van der Waals surface area contributed by atoms with E-state index in [0.717, 1.165) is 30.0 Å². The van der Waals surface area contributed by atoms with Crippen LogP contribution in [0.1, 0.15) is 53.4 Å². The van der Waals surface area contributed by atoms with E-state index in [1.807, 2.05) is 13.8 Å². The van der Waals surface area contributed by atoms with Gasteiger partial charge in [0.2, 0.25) is 11.8 Å². The molecule has 0 saturated heterocycles. The molecule has 0 spiro atoms. The minimum absolute atomic E-state index is 0.00899. The fraction of sp³-hybridized carbons (Fsp3) is 0.875. The fourth-order valence-corrected chi connectivity index (χ4v) is 2.74. The summed E-state index contributed by atoms with van der Waals surface area (Å²) in [6.45, 7) is 9.55. The molecule has 5 heteroatoms. The van der Waals surface area contributed by atoms with Crippen LogP contribution in [0.25, 0.3) is 0 Å². The third-order valence-corrected chi connectivity index (χ3v) is 3.98. The third kappa shape index (κ3) is 5.97. The first kappa shape index (κ1) is 18.5. The smallest absolute Gasteiger partial charge is 0.210 e. The zero-order valence-corrected chi connectivity index (χ0v) is 15.4. The van der Waals surface area contributed by atoms with Crippen molar-refractivity contribution < 1.29 is 9.47 Å². The molecule has 0 amide bonds. The van der Waals surface area contributed by atoms with Crippen LogP contribution in [0, 0.1) is 5.92 Å². The van der Waals surface area contributed by atoms with E-state index in [9.17, 15) is 0 Å². The molecule has 122 valence electrons. The van der Waals surface area contributed by atoms with Crippen molar-refractivity contribution in [2.24, 2.45) is 15.9 Å². The topological polar surface area (TPSA) is 43.2 Å². The van der Waals surface area contributed by atoms with E-state index in [1.165, 1.54) is 12.8 Å². The number of hydrogen-bond acceptors (Lipinski definition) is 4. The second-order valence-electron chi connectivity index (χ2n) is 5.54. The highest BCUT2D eigenvalue weighted by Crippen LogP contribution is 2.21. The molecule has 1 heterocycles. The van der Waals surface area contributed by atoms with Crippen LogP contribution in [-0.2, 0) is 9.47 Å². The molecule has 0 saturated carbocycles. The molecule has 0 aliphatic carbocycles. The highest BCUT2D eigenvalue weighted by atomic mass is 79.9. The summed E-state index contributed by atoms with van der Waals surface area (Å²) >= 11 is 3.47. The number of hydrogen-bond donors (Lipinski definition) is 0. The van der Waals surface area contributed by atoms with Gasteiger partial charge in [0, 0.05) is 5.33 Å². The van der Waals surface area contributed by atoms with Crippen LogP contribution in [0.2, 0.25) is 0 Å². The lowest BCUT2D eigenvalue weighted by Gasteiger charge is -2.28. The summed E-state index contributed by atoms with van der Waals surface area (Å²) in [4.78, 5) is 9.58. The van der Waals surface area contributed by atoms with E-state index in [1.54, 1.807) is 0 Å². The van der Waals surface area contributed by atoms with Crippen molar-refractivity contribution in [2.75, 3.05) is 18.5 Å². The van der Waals surface area contributed by atoms with Crippen LogP contribution >= 0.6 is 15.9 Å². The lowest BCUT2D eigenvalue weighted by Crippen LogP contribution is -2.38. The quantitative estimate of drug-likeness (QED) is 0.480. The van der Waals surface area contributed by atoms with Crippen molar-refractivity contribution in [3.8, 4) is 0 Å². The van der Waals surface area contributed by atoms with Gasteiger partial charge in [0.05, 0.1) is 13.2 Å². The fourth-order valence-electron chi connectivity index (χ4n) is 2.35. The van der Waals surface area contributed by atoms with Gasteiger partial charge in [-0.3, -0.25) is 0 Å². The van der Waals surface area contributed by atoms with Gasteiger partial charge in [-0.2, -0.15) is 0 Å². The number of nitrogens with zero attached hydrogens (tertiary/aromatic N) is 2. The van der Waals surface area contributed by atoms with E-state index in [-0.39, 0.29) is 12.1 Å². The zero-order chi connectivity index (χ0) is 15.7. The minimum atomic E-state index is -0.00899. The van der Waals surface area contributed by atoms with Gasteiger partial charge in [0.25, 0.3) is 0 Å². The summed E-state index contributed by atoms with van der Waals surface area (Å²) in [6, 6.07) is 0.0158. The summed E-state index contributed by atoms with van der Waals surface area (Å²) in [5.74, 6) is 1.93. The number of halogens is 1. The van der Waals surface area contributed by atoms with Crippen molar-refractivity contribution in [1.29, 1.82) is 0 Å². The molecule has 0 N–H and O–H groups in total. The van der Waals surface area contributed by atoms with Gasteiger partial charge in [-0.15, -0.1) is 0 Å². The summed E-state index contributed by atoms with van der Waals surface area (Å²) in [5.41, 5.74) is 0. The maximum atomic E-state index is 5.74. The van der Waals surface area contributed by atoms with Gasteiger partial charge in [-0.25, -0.2) is 9.98 Å². The van der Waals surface area contributed by atoms with Crippen LogP contribution in [-0.4, -0.2) is 42.4 Å². The van der Waals surface area contributed by atoms with Crippen LogP contribution in [0.4, 0.5) is 0 Å². The molecule has 1 aliphatic heterocycles. The molecule has 1 rings (SSSR count). The lowest BCUT2D eigenvalue weighted by molar-refractivity contribution is 0.273. The Morgan fingerprint density at radius 3 is 2.24 bits per heavy atom. The monoisotopic (exact) mass is 360 g/mol. The first-order chi connectivity index (χ1) is 10.1. The summed E-state index contributed by atoms with van der Waals surface area (Å²) in [6.07, 6.45) is 4.52. The maximum Gasteiger partial charge on any atom is 0.210 e. The molecule has 1 unspecified atom stereocenters. The van der Waals surface area contributed by atoms with E-state index in [0.29, 0.717) is 19.1 Å². The minimum Gasteiger partial charge on any atom is -0.480 e. The van der Waals surface area contributed by atoms with Gasteiger partial charge >= 0.3 is 0 Å². The highest BCUT2D eigenvalue weighted by molar-refractivity contribution is 9.09. The second-order valence-corrected chi connectivity index (χ2v) is 6.34. The lowest BCUT2D eigenvalue weighted by atomic mass is 10.0. The molecule has 0 radical (unpaired) electrons. The van der Waals surface area contributed by atoms with Crippen LogP contribution in [0.5, 0.6) is 0 Å².